The molecule has 0 atom stereocenters. The highest BCUT2D eigenvalue weighted by atomic mass is 19.1. The number of benzene rings is 1. The minimum Gasteiger partial charge on any atom is -0.459 e. The number of hydrogen-bond acceptors (Lipinski definition) is 2. The molecule has 1 aliphatic rings. The molecule has 1 aliphatic carbocycles. The van der Waals surface area contributed by atoms with Crippen LogP contribution in [-0.4, -0.2) is 12.1 Å². The second kappa shape index (κ2) is 5.98. The van der Waals surface area contributed by atoms with E-state index in [2.05, 4.69) is 0 Å². The van der Waals surface area contributed by atoms with E-state index in [1.165, 1.54) is 18.9 Å². The molecule has 1 aromatic rings. The van der Waals surface area contributed by atoms with E-state index in [0.29, 0.717) is 5.56 Å². The van der Waals surface area contributed by atoms with E-state index < -0.39 is 11.8 Å². The summed E-state index contributed by atoms with van der Waals surface area (Å²) in [6, 6.07) is 4.82. The van der Waals surface area contributed by atoms with Crippen molar-refractivity contribution in [3.05, 3.63) is 35.1 Å². The molecule has 0 aliphatic heterocycles. The van der Waals surface area contributed by atoms with Gasteiger partial charge < -0.3 is 4.74 Å². The second-order valence-electron chi connectivity index (χ2n) is 4.96. The largest absolute Gasteiger partial charge is 0.459 e. The van der Waals surface area contributed by atoms with E-state index in [1.807, 2.05) is 0 Å². The Labute approximate surface area is 107 Å². The molecule has 1 saturated carbocycles. The Morgan fingerprint density at radius 2 is 1.89 bits per heavy atom. The standard InChI is InChI=1S/C15H19FO2/c1-11-7-6-10-13(14(11)16)15(17)18-12-8-4-2-3-5-9-12/h6-7,10,12H,2-5,8-9H2,1H3. The number of aryl methyl sites for hydroxylation is 1. The van der Waals surface area contributed by atoms with Gasteiger partial charge in [0.1, 0.15) is 11.9 Å². The molecule has 1 aromatic carbocycles. The van der Waals surface area contributed by atoms with Gasteiger partial charge in [0.05, 0.1) is 5.56 Å². The fourth-order valence-electron chi connectivity index (χ4n) is 2.38. The number of esters is 1. The Morgan fingerprint density at radius 3 is 2.56 bits per heavy atom. The number of hydrogen-bond donors (Lipinski definition) is 0. The van der Waals surface area contributed by atoms with Crippen LogP contribution in [0.4, 0.5) is 4.39 Å². The van der Waals surface area contributed by atoms with Gasteiger partial charge in [0, 0.05) is 0 Å². The molecule has 0 aromatic heterocycles. The van der Waals surface area contributed by atoms with Gasteiger partial charge in [0.25, 0.3) is 0 Å². The summed E-state index contributed by atoms with van der Waals surface area (Å²) in [4.78, 5) is 11.9. The summed E-state index contributed by atoms with van der Waals surface area (Å²) in [5.41, 5.74) is 0.532. The zero-order chi connectivity index (χ0) is 13.0. The van der Waals surface area contributed by atoms with Crippen LogP contribution in [0.15, 0.2) is 18.2 Å². The van der Waals surface area contributed by atoms with Crippen LogP contribution in [0.1, 0.15) is 54.4 Å². The summed E-state index contributed by atoms with van der Waals surface area (Å²) >= 11 is 0. The smallest absolute Gasteiger partial charge is 0.341 e. The summed E-state index contributed by atoms with van der Waals surface area (Å²) in [5, 5.41) is 0. The van der Waals surface area contributed by atoms with E-state index in [-0.39, 0.29) is 11.7 Å². The Balaban J connectivity index is 2.04. The third kappa shape index (κ3) is 3.09. The van der Waals surface area contributed by atoms with Crippen LogP contribution in [0.3, 0.4) is 0 Å². The summed E-state index contributed by atoms with van der Waals surface area (Å²) in [6.45, 7) is 1.65. The highest BCUT2D eigenvalue weighted by Gasteiger charge is 2.20. The monoisotopic (exact) mass is 250 g/mol. The molecular formula is C15H19FO2. The maximum atomic E-state index is 13.8. The number of carbonyl (C=O) groups excluding carboxylic acids is 1. The predicted molar refractivity (Wildman–Crippen MR) is 68.0 cm³/mol. The molecular weight excluding hydrogens is 231 g/mol. The molecule has 0 spiro atoms. The molecule has 0 heterocycles. The van der Waals surface area contributed by atoms with Crippen LogP contribution >= 0.6 is 0 Å². The normalized spacial score (nSPS) is 17.2. The van der Waals surface area contributed by atoms with E-state index in [4.69, 9.17) is 4.74 Å². The van der Waals surface area contributed by atoms with Crippen molar-refractivity contribution in [2.24, 2.45) is 0 Å². The van der Waals surface area contributed by atoms with Gasteiger partial charge in [-0.2, -0.15) is 0 Å². The zero-order valence-corrected chi connectivity index (χ0v) is 10.7. The van der Waals surface area contributed by atoms with Crippen molar-refractivity contribution in [1.29, 1.82) is 0 Å². The van der Waals surface area contributed by atoms with Gasteiger partial charge in [-0.3, -0.25) is 0 Å². The average molecular weight is 250 g/mol. The fraction of sp³-hybridized carbons (Fsp3) is 0.533. The first-order valence-electron chi connectivity index (χ1n) is 6.64. The maximum absolute atomic E-state index is 13.8. The van der Waals surface area contributed by atoms with E-state index in [0.717, 1.165) is 25.7 Å². The lowest BCUT2D eigenvalue weighted by Crippen LogP contribution is -2.18. The van der Waals surface area contributed by atoms with Crippen LogP contribution in [0.2, 0.25) is 0 Å². The molecule has 1 fully saturated rings. The molecule has 0 saturated heterocycles. The third-order valence-corrected chi connectivity index (χ3v) is 3.49. The van der Waals surface area contributed by atoms with Crippen molar-refractivity contribution in [2.75, 3.05) is 0 Å². The van der Waals surface area contributed by atoms with Crippen molar-refractivity contribution < 1.29 is 13.9 Å². The number of halogens is 1. The van der Waals surface area contributed by atoms with Crippen LogP contribution in [0.25, 0.3) is 0 Å². The predicted octanol–water partition coefficient (Wildman–Crippen LogP) is 4.01. The average Bonchev–Trinajstić information content (AvgIpc) is 2.61. The fourth-order valence-corrected chi connectivity index (χ4v) is 2.38. The number of carbonyl (C=O) groups is 1. The first-order valence-corrected chi connectivity index (χ1v) is 6.64. The van der Waals surface area contributed by atoms with Crippen molar-refractivity contribution >= 4 is 5.97 Å². The molecule has 0 N–H and O–H groups in total. The third-order valence-electron chi connectivity index (χ3n) is 3.49. The van der Waals surface area contributed by atoms with Gasteiger partial charge in [-0.25, -0.2) is 9.18 Å². The molecule has 2 nitrogen and oxygen atoms in total. The van der Waals surface area contributed by atoms with Gasteiger partial charge in [-0.05, 0) is 44.2 Å². The van der Waals surface area contributed by atoms with Crippen LogP contribution in [-0.2, 0) is 4.74 Å². The van der Waals surface area contributed by atoms with Gasteiger partial charge in [-0.15, -0.1) is 0 Å². The van der Waals surface area contributed by atoms with Gasteiger partial charge in [0.15, 0.2) is 0 Å². The SMILES string of the molecule is Cc1cccc(C(=O)OC2CCCCCC2)c1F. The minimum atomic E-state index is -0.525. The lowest BCUT2D eigenvalue weighted by Gasteiger charge is -2.15. The van der Waals surface area contributed by atoms with Crippen LogP contribution in [0, 0.1) is 12.7 Å². The lowest BCUT2D eigenvalue weighted by molar-refractivity contribution is 0.0262. The molecule has 3 heteroatoms. The lowest BCUT2D eigenvalue weighted by atomic mass is 10.1. The summed E-state index contributed by atoms with van der Waals surface area (Å²) in [6.07, 6.45) is 6.35. The quantitative estimate of drug-likeness (QED) is 0.585. The molecule has 18 heavy (non-hydrogen) atoms. The van der Waals surface area contributed by atoms with Gasteiger partial charge in [0.2, 0.25) is 0 Å². The van der Waals surface area contributed by atoms with Gasteiger partial charge in [-0.1, -0.05) is 25.0 Å². The molecule has 98 valence electrons. The minimum absolute atomic E-state index is 0.0417. The molecule has 0 unspecified atom stereocenters. The second-order valence-corrected chi connectivity index (χ2v) is 4.96. The summed E-state index contributed by atoms with van der Waals surface area (Å²) in [5.74, 6) is -0.987. The summed E-state index contributed by atoms with van der Waals surface area (Å²) < 4.78 is 19.2. The van der Waals surface area contributed by atoms with E-state index in [9.17, 15) is 9.18 Å². The molecule has 0 amide bonds. The summed E-state index contributed by atoms with van der Waals surface area (Å²) in [7, 11) is 0. The highest BCUT2D eigenvalue weighted by Crippen LogP contribution is 2.22. The van der Waals surface area contributed by atoms with Gasteiger partial charge >= 0.3 is 5.97 Å². The Bertz CT molecular complexity index is 421. The van der Waals surface area contributed by atoms with E-state index in [1.54, 1.807) is 19.1 Å². The van der Waals surface area contributed by atoms with Crippen LogP contribution < -0.4 is 0 Å². The topological polar surface area (TPSA) is 26.3 Å². The molecule has 0 radical (unpaired) electrons. The van der Waals surface area contributed by atoms with Crippen molar-refractivity contribution in [2.45, 2.75) is 51.6 Å². The zero-order valence-electron chi connectivity index (χ0n) is 10.7. The first kappa shape index (κ1) is 13.1. The van der Waals surface area contributed by atoms with Crippen molar-refractivity contribution in [1.82, 2.24) is 0 Å². The molecule has 2 rings (SSSR count). The van der Waals surface area contributed by atoms with E-state index >= 15 is 0 Å². The van der Waals surface area contributed by atoms with Crippen LogP contribution in [0.5, 0.6) is 0 Å². The number of rotatable bonds is 2. The van der Waals surface area contributed by atoms with Crippen molar-refractivity contribution in [3.8, 4) is 0 Å². The molecule has 0 bridgehead atoms. The first-order chi connectivity index (χ1) is 8.68. The highest BCUT2D eigenvalue weighted by molar-refractivity contribution is 5.90. The Morgan fingerprint density at radius 1 is 1.22 bits per heavy atom. The Kier molecular flexibility index (Phi) is 4.34. The van der Waals surface area contributed by atoms with Crippen molar-refractivity contribution in [3.63, 3.8) is 0 Å². The number of ether oxygens (including phenoxy) is 1. The maximum Gasteiger partial charge on any atom is 0.341 e. The Hall–Kier alpha value is -1.38.